The topological polar surface area (TPSA) is 74.6 Å². The maximum absolute atomic E-state index is 11.6. The Morgan fingerprint density at radius 2 is 2.06 bits per heavy atom. The maximum Gasteiger partial charge on any atom is 0.337 e. The molecule has 6 heteroatoms. The summed E-state index contributed by atoms with van der Waals surface area (Å²) >= 11 is 7.29. The molecule has 0 aliphatic carbocycles. The largest absolute Gasteiger partial charge is 0.479 e. The van der Waals surface area contributed by atoms with Crippen LogP contribution < -0.4 is 0 Å². The third-order valence-electron chi connectivity index (χ3n) is 2.19. The van der Waals surface area contributed by atoms with Crippen LogP contribution >= 0.6 is 28.6 Å². The molecule has 0 bridgehead atoms. The molecule has 92 valence electrons. The van der Waals surface area contributed by atoms with Crippen molar-refractivity contribution >= 4 is 40.3 Å². The van der Waals surface area contributed by atoms with Crippen LogP contribution in [0.4, 0.5) is 0 Å². The van der Waals surface area contributed by atoms with Crippen molar-refractivity contribution in [1.82, 2.24) is 0 Å². The number of carbonyl (C=O) groups excluding carboxylic acids is 1. The van der Waals surface area contributed by atoms with E-state index in [1.165, 1.54) is 18.2 Å². The lowest BCUT2D eigenvalue weighted by Gasteiger charge is -2.09. The number of ketones is 1. The van der Waals surface area contributed by atoms with Gasteiger partial charge in [-0.3, -0.25) is 4.79 Å². The van der Waals surface area contributed by atoms with Crippen LogP contribution in [0.25, 0.3) is 0 Å². The van der Waals surface area contributed by atoms with Gasteiger partial charge in [-0.1, -0.05) is 22.0 Å². The first kappa shape index (κ1) is 14.2. The summed E-state index contributed by atoms with van der Waals surface area (Å²) < 4.78 is 0. The SMILES string of the molecule is O=C(CCBr)c1ccc(C(O)C(=O)O)cc1S. The summed E-state index contributed by atoms with van der Waals surface area (Å²) in [5, 5.41) is 18.5. The molecule has 1 rings (SSSR count). The number of halogens is 1. The summed E-state index contributed by atoms with van der Waals surface area (Å²) in [6.45, 7) is 0. The Kier molecular flexibility index (Phi) is 5.17. The lowest BCUT2D eigenvalue weighted by molar-refractivity contribution is -0.146. The van der Waals surface area contributed by atoms with Crippen LogP contribution in [0.2, 0.25) is 0 Å². The minimum atomic E-state index is -1.60. The van der Waals surface area contributed by atoms with Gasteiger partial charge in [0.15, 0.2) is 11.9 Å². The second-order valence-corrected chi connectivity index (χ2v) is 4.65. The Labute approximate surface area is 112 Å². The number of Topliss-reactive ketones (excluding diaryl/α,β-unsaturated/α-hetero) is 1. The highest BCUT2D eigenvalue weighted by atomic mass is 79.9. The van der Waals surface area contributed by atoms with Gasteiger partial charge in [-0.05, 0) is 17.7 Å². The summed E-state index contributed by atoms with van der Waals surface area (Å²) in [4.78, 5) is 22.6. The molecule has 4 nitrogen and oxygen atoms in total. The third-order valence-corrected chi connectivity index (χ3v) is 2.96. The van der Waals surface area contributed by atoms with Gasteiger partial charge in [-0.25, -0.2) is 4.79 Å². The van der Waals surface area contributed by atoms with Gasteiger partial charge >= 0.3 is 5.97 Å². The van der Waals surface area contributed by atoms with Crippen molar-refractivity contribution in [2.24, 2.45) is 0 Å². The van der Waals surface area contributed by atoms with Crippen LogP contribution in [0.1, 0.15) is 28.4 Å². The Hall–Kier alpha value is -0.850. The van der Waals surface area contributed by atoms with Crippen LogP contribution in [0.15, 0.2) is 23.1 Å². The highest BCUT2D eigenvalue weighted by Crippen LogP contribution is 2.22. The van der Waals surface area contributed by atoms with E-state index >= 15 is 0 Å². The number of hydrogen-bond acceptors (Lipinski definition) is 4. The second-order valence-electron chi connectivity index (χ2n) is 3.38. The van der Waals surface area contributed by atoms with Gasteiger partial charge in [0.05, 0.1) is 0 Å². The normalized spacial score (nSPS) is 12.2. The van der Waals surface area contributed by atoms with E-state index in [4.69, 9.17) is 5.11 Å². The molecule has 1 atom stereocenters. The number of aliphatic hydroxyl groups excluding tert-OH is 1. The average molecular weight is 319 g/mol. The van der Waals surface area contributed by atoms with Crippen molar-refractivity contribution in [2.45, 2.75) is 17.4 Å². The van der Waals surface area contributed by atoms with Crippen LogP contribution in [-0.2, 0) is 4.79 Å². The monoisotopic (exact) mass is 318 g/mol. The molecule has 0 radical (unpaired) electrons. The first-order valence-corrected chi connectivity index (χ1v) is 6.37. The van der Waals surface area contributed by atoms with Crippen molar-refractivity contribution in [3.63, 3.8) is 0 Å². The van der Waals surface area contributed by atoms with Gasteiger partial charge in [0.25, 0.3) is 0 Å². The number of carboxylic acid groups (broad SMARTS) is 1. The van der Waals surface area contributed by atoms with E-state index in [0.717, 1.165) is 0 Å². The van der Waals surface area contributed by atoms with Gasteiger partial charge in [-0.2, -0.15) is 0 Å². The number of thiol groups is 1. The van der Waals surface area contributed by atoms with Crippen molar-refractivity contribution in [3.05, 3.63) is 29.3 Å². The Balaban J connectivity index is 3.01. The fourth-order valence-electron chi connectivity index (χ4n) is 1.32. The van der Waals surface area contributed by atoms with Crippen molar-refractivity contribution in [3.8, 4) is 0 Å². The minimum Gasteiger partial charge on any atom is -0.479 e. The Morgan fingerprint density at radius 3 is 2.53 bits per heavy atom. The standard InChI is InChI=1S/C11H11BrO4S/c12-4-3-8(13)7-2-1-6(5-9(7)17)10(14)11(15)16/h1-2,5,10,14,17H,3-4H2,(H,15,16). The molecule has 0 heterocycles. The van der Waals surface area contributed by atoms with E-state index in [9.17, 15) is 14.7 Å². The molecule has 2 N–H and O–H groups in total. The summed E-state index contributed by atoms with van der Waals surface area (Å²) in [7, 11) is 0. The second kappa shape index (κ2) is 6.18. The molecule has 17 heavy (non-hydrogen) atoms. The molecule has 0 saturated heterocycles. The van der Waals surface area contributed by atoms with Gasteiger partial charge < -0.3 is 10.2 Å². The van der Waals surface area contributed by atoms with Crippen LogP contribution in [0, 0.1) is 0 Å². The van der Waals surface area contributed by atoms with Gasteiger partial charge in [0, 0.05) is 22.2 Å². The van der Waals surface area contributed by atoms with Gasteiger partial charge in [0.1, 0.15) is 0 Å². The van der Waals surface area contributed by atoms with Crippen LogP contribution in [0.5, 0.6) is 0 Å². The molecule has 1 aromatic carbocycles. The summed E-state index contributed by atoms with van der Waals surface area (Å²) in [6.07, 6.45) is -1.25. The molecular formula is C11H11BrO4S. The molecular weight excluding hydrogens is 308 g/mol. The molecule has 0 amide bonds. The summed E-state index contributed by atoms with van der Waals surface area (Å²) in [6, 6.07) is 4.29. The summed E-state index contributed by atoms with van der Waals surface area (Å²) in [5.41, 5.74) is 0.631. The number of aliphatic carboxylic acids is 1. The first-order chi connectivity index (χ1) is 7.97. The van der Waals surface area contributed by atoms with E-state index in [0.29, 0.717) is 22.2 Å². The lowest BCUT2D eigenvalue weighted by atomic mass is 10.0. The quantitative estimate of drug-likeness (QED) is 0.441. The Bertz CT molecular complexity index is 447. The number of carbonyl (C=O) groups is 2. The van der Waals surface area contributed by atoms with Crippen LogP contribution in [0.3, 0.4) is 0 Å². The third kappa shape index (κ3) is 3.55. The van der Waals surface area contributed by atoms with E-state index in [2.05, 4.69) is 28.6 Å². The number of alkyl halides is 1. The molecule has 0 saturated carbocycles. The van der Waals surface area contributed by atoms with E-state index < -0.39 is 12.1 Å². The number of carboxylic acids is 1. The van der Waals surface area contributed by atoms with Crippen molar-refractivity contribution < 1.29 is 19.8 Å². The number of aliphatic hydroxyl groups is 1. The van der Waals surface area contributed by atoms with Crippen LogP contribution in [-0.4, -0.2) is 27.3 Å². The minimum absolute atomic E-state index is 0.0803. The highest BCUT2D eigenvalue weighted by molar-refractivity contribution is 9.09. The zero-order valence-corrected chi connectivity index (χ0v) is 11.2. The van der Waals surface area contributed by atoms with E-state index in [1.807, 2.05) is 0 Å². The lowest BCUT2D eigenvalue weighted by Crippen LogP contribution is -2.11. The number of benzene rings is 1. The molecule has 0 aliphatic heterocycles. The molecule has 0 aliphatic rings. The van der Waals surface area contributed by atoms with Gasteiger partial charge in [0.2, 0.25) is 0 Å². The van der Waals surface area contributed by atoms with Crippen molar-refractivity contribution in [2.75, 3.05) is 5.33 Å². The number of hydrogen-bond donors (Lipinski definition) is 3. The highest BCUT2D eigenvalue weighted by Gasteiger charge is 2.18. The average Bonchev–Trinajstić information content (AvgIpc) is 2.27. The predicted molar refractivity (Wildman–Crippen MR) is 69.0 cm³/mol. The molecule has 0 fully saturated rings. The molecule has 1 aromatic rings. The molecule has 0 spiro atoms. The zero-order valence-electron chi connectivity index (χ0n) is 8.76. The number of rotatable bonds is 5. The zero-order chi connectivity index (χ0) is 13.0. The van der Waals surface area contributed by atoms with Crippen molar-refractivity contribution in [1.29, 1.82) is 0 Å². The van der Waals surface area contributed by atoms with E-state index in [-0.39, 0.29) is 11.3 Å². The first-order valence-electron chi connectivity index (χ1n) is 4.80. The fraction of sp³-hybridized carbons (Fsp3) is 0.273. The Morgan fingerprint density at radius 1 is 1.41 bits per heavy atom. The molecule has 0 aromatic heterocycles. The summed E-state index contributed by atoms with van der Waals surface area (Å²) in [5.74, 6) is -1.42. The molecule has 1 unspecified atom stereocenters. The predicted octanol–water partition coefficient (Wildman–Crippen LogP) is 2.06. The smallest absolute Gasteiger partial charge is 0.337 e. The fourth-order valence-corrected chi connectivity index (χ4v) is 2.03. The van der Waals surface area contributed by atoms with Gasteiger partial charge in [-0.15, -0.1) is 12.6 Å². The maximum atomic E-state index is 11.6. The van der Waals surface area contributed by atoms with E-state index in [1.54, 1.807) is 0 Å².